The van der Waals surface area contributed by atoms with Crippen molar-refractivity contribution in [3.63, 3.8) is 0 Å². The zero-order chi connectivity index (χ0) is 22.8. The lowest BCUT2D eigenvalue weighted by Crippen LogP contribution is -2.48. The van der Waals surface area contributed by atoms with Gasteiger partial charge in [-0.05, 0) is 36.2 Å². The van der Waals surface area contributed by atoms with Crippen LogP contribution in [0.4, 0.5) is 5.95 Å². The summed E-state index contributed by atoms with van der Waals surface area (Å²) in [7, 11) is 0. The van der Waals surface area contributed by atoms with Crippen molar-refractivity contribution in [2.45, 2.75) is 13.5 Å². The van der Waals surface area contributed by atoms with E-state index in [-0.39, 0.29) is 18.4 Å². The summed E-state index contributed by atoms with van der Waals surface area (Å²) >= 11 is 0. The predicted molar refractivity (Wildman–Crippen MR) is 124 cm³/mol. The Kier molecular flexibility index (Phi) is 5.56. The second-order valence-corrected chi connectivity index (χ2v) is 8.16. The van der Waals surface area contributed by atoms with Gasteiger partial charge in [-0.15, -0.1) is 0 Å². The van der Waals surface area contributed by atoms with Crippen LogP contribution in [-0.2, 0) is 16.1 Å². The molecule has 1 fully saturated rings. The van der Waals surface area contributed by atoms with Crippen molar-refractivity contribution in [2.24, 2.45) is 0 Å². The molecule has 0 saturated carbocycles. The summed E-state index contributed by atoms with van der Waals surface area (Å²) in [5.74, 6) is 0.166. The summed E-state index contributed by atoms with van der Waals surface area (Å²) in [5.41, 5.74) is 3.68. The summed E-state index contributed by atoms with van der Waals surface area (Å²) in [6.45, 7) is 4.76. The van der Waals surface area contributed by atoms with Gasteiger partial charge in [-0.2, -0.15) is 0 Å². The fourth-order valence-electron chi connectivity index (χ4n) is 4.24. The number of carbonyl (C=O) groups is 2. The number of rotatable bonds is 5. The Bertz CT molecular complexity index is 1190. The minimum Gasteiger partial charge on any atom is -0.363 e. The van der Waals surface area contributed by atoms with E-state index >= 15 is 0 Å². The minimum absolute atomic E-state index is 0.219. The van der Waals surface area contributed by atoms with Crippen LogP contribution < -0.4 is 4.90 Å². The number of anilines is 1. The van der Waals surface area contributed by atoms with Crippen molar-refractivity contribution in [3.05, 3.63) is 89.6 Å². The highest BCUT2D eigenvalue weighted by Gasteiger charge is 2.42. The van der Waals surface area contributed by atoms with E-state index in [0.29, 0.717) is 43.4 Å². The molecule has 8 nitrogen and oxygen atoms in total. The fourth-order valence-corrected chi connectivity index (χ4v) is 4.24. The van der Waals surface area contributed by atoms with Crippen LogP contribution in [0.1, 0.15) is 16.7 Å². The number of imide groups is 1. The van der Waals surface area contributed by atoms with Crippen LogP contribution in [0, 0.1) is 6.92 Å². The van der Waals surface area contributed by atoms with Crippen LogP contribution in [0.5, 0.6) is 0 Å². The largest absolute Gasteiger partial charge is 0.363 e. The molecule has 4 heterocycles. The molecule has 1 saturated heterocycles. The lowest BCUT2D eigenvalue weighted by atomic mass is 10.0. The average Bonchev–Trinajstić information content (AvgIpc) is 3.11. The summed E-state index contributed by atoms with van der Waals surface area (Å²) in [5, 5.41) is 0. The molecule has 2 aliphatic heterocycles. The molecule has 2 aromatic heterocycles. The van der Waals surface area contributed by atoms with Gasteiger partial charge in [-0.25, -0.2) is 9.97 Å². The molecule has 5 rings (SSSR count). The molecule has 33 heavy (non-hydrogen) atoms. The van der Waals surface area contributed by atoms with E-state index in [1.54, 1.807) is 30.9 Å². The Morgan fingerprint density at radius 1 is 0.788 bits per heavy atom. The molecule has 2 aliphatic rings. The van der Waals surface area contributed by atoms with E-state index in [1.807, 2.05) is 48.2 Å². The number of pyridine rings is 1. The van der Waals surface area contributed by atoms with E-state index in [9.17, 15) is 9.59 Å². The van der Waals surface area contributed by atoms with Crippen molar-refractivity contribution in [2.75, 3.05) is 31.1 Å². The monoisotopic (exact) mass is 440 g/mol. The summed E-state index contributed by atoms with van der Waals surface area (Å²) in [6.07, 6.45) is 6.78. The van der Waals surface area contributed by atoms with Gasteiger partial charge in [0.1, 0.15) is 5.70 Å². The third-order valence-electron chi connectivity index (χ3n) is 6.00. The molecule has 3 aromatic rings. The molecule has 0 N–H and O–H groups in total. The average molecular weight is 441 g/mol. The van der Waals surface area contributed by atoms with Gasteiger partial charge in [-0.1, -0.05) is 29.8 Å². The number of nitrogens with zero attached hydrogens (tertiary/aromatic N) is 6. The fraction of sp³-hybridized carbons (Fsp3) is 0.240. The maximum atomic E-state index is 13.6. The van der Waals surface area contributed by atoms with Gasteiger partial charge in [0.05, 0.1) is 12.1 Å². The van der Waals surface area contributed by atoms with Gasteiger partial charge in [0.15, 0.2) is 0 Å². The second-order valence-electron chi connectivity index (χ2n) is 8.16. The predicted octanol–water partition coefficient (Wildman–Crippen LogP) is 2.28. The number of aryl methyl sites for hydroxylation is 1. The zero-order valence-corrected chi connectivity index (χ0v) is 18.4. The van der Waals surface area contributed by atoms with Crippen molar-refractivity contribution in [1.29, 1.82) is 0 Å². The van der Waals surface area contributed by atoms with E-state index in [0.717, 1.165) is 16.7 Å². The third kappa shape index (κ3) is 4.07. The number of carbonyl (C=O) groups excluding carboxylic acids is 2. The molecule has 0 atom stereocenters. The van der Waals surface area contributed by atoms with Gasteiger partial charge in [0.2, 0.25) is 5.95 Å². The number of amides is 2. The first kappa shape index (κ1) is 20.8. The van der Waals surface area contributed by atoms with Gasteiger partial charge in [0.25, 0.3) is 11.8 Å². The Hall–Kier alpha value is -4.07. The summed E-state index contributed by atoms with van der Waals surface area (Å²) in [6, 6.07) is 13.2. The highest BCUT2D eigenvalue weighted by Crippen LogP contribution is 2.33. The highest BCUT2D eigenvalue weighted by atomic mass is 16.2. The van der Waals surface area contributed by atoms with Crippen LogP contribution in [0.25, 0.3) is 5.57 Å². The molecule has 166 valence electrons. The third-order valence-corrected chi connectivity index (χ3v) is 6.00. The van der Waals surface area contributed by atoms with Crippen molar-refractivity contribution in [1.82, 2.24) is 24.8 Å². The van der Waals surface area contributed by atoms with Crippen LogP contribution >= 0.6 is 0 Å². The quantitative estimate of drug-likeness (QED) is 0.563. The molecule has 8 heteroatoms. The maximum Gasteiger partial charge on any atom is 0.278 e. The van der Waals surface area contributed by atoms with Crippen molar-refractivity contribution >= 4 is 23.3 Å². The molecule has 0 spiro atoms. The van der Waals surface area contributed by atoms with Crippen LogP contribution in [-0.4, -0.2) is 62.7 Å². The number of piperazine rings is 1. The summed E-state index contributed by atoms with van der Waals surface area (Å²) < 4.78 is 0. The van der Waals surface area contributed by atoms with Crippen LogP contribution in [0.3, 0.4) is 0 Å². The number of aromatic nitrogens is 3. The van der Waals surface area contributed by atoms with E-state index in [4.69, 9.17) is 0 Å². The lowest BCUT2D eigenvalue weighted by Gasteiger charge is -2.36. The van der Waals surface area contributed by atoms with Crippen molar-refractivity contribution in [3.8, 4) is 0 Å². The molecular formula is C25H24N6O2. The molecule has 0 bridgehead atoms. The second kappa shape index (κ2) is 8.82. The topological polar surface area (TPSA) is 82.5 Å². The zero-order valence-electron chi connectivity index (χ0n) is 18.4. The Labute approximate surface area is 192 Å². The first-order valence-electron chi connectivity index (χ1n) is 10.9. The standard InChI is InChI=1S/C25H24N6O2/c1-18-3-5-20(6-4-18)21-22(24(33)31(23(21)32)17-19-7-11-26-12-8-19)29-13-15-30(16-14-29)25-27-9-2-10-28-25/h2-12H,13-17H2,1H3. The number of hydrogen-bond donors (Lipinski definition) is 0. The van der Waals surface area contributed by atoms with E-state index < -0.39 is 0 Å². The minimum atomic E-state index is -0.260. The van der Waals surface area contributed by atoms with Crippen molar-refractivity contribution < 1.29 is 9.59 Å². The van der Waals surface area contributed by atoms with Crippen LogP contribution in [0.15, 0.2) is 72.9 Å². The highest BCUT2D eigenvalue weighted by molar-refractivity contribution is 6.35. The van der Waals surface area contributed by atoms with Gasteiger partial charge >= 0.3 is 0 Å². The smallest absolute Gasteiger partial charge is 0.278 e. The normalized spacial score (nSPS) is 16.7. The first-order chi connectivity index (χ1) is 16.1. The Morgan fingerprint density at radius 3 is 2.09 bits per heavy atom. The molecule has 0 radical (unpaired) electrons. The molecule has 0 unspecified atom stereocenters. The van der Waals surface area contributed by atoms with Gasteiger partial charge < -0.3 is 9.80 Å². The molecule has 0 aliphatic carbocycles. The summed E-state index contributed by atoms with van der Waals surface area (Å²) in [4.78, 5) is 45.2. The maximum absolute atomic E-state index is 13.6. The molecular weight excluding hydrogens is 416 g/mol. The SMILES string of the molecule is Cc1ccc(C2=C(N3CCN(c4ncccn4)CC3)C(=O)N(Cc3ccncc3)C2=O)cc1. The van der Waals surface area contributed by atoms with E-state index in [1.165, 1.54) is 4.90 Å². The first-order valence-corrected chi connectivity index (χ1v) is 10.9. The Balaban J connectivity index is 1.45. The van der Waals surface area contributed by atoms with E-state index in [2.05, 4.69) is 19.9 Å². The molecule has 2 amide bonds. The lowest BCUT2D eigenvalue weighted by molar-refractivity contribution is -0.138. The van der Waals surface area contributed by atoms with Crippen LogP contribution in [0.2, 0.25) is 0 Å². The Morgan fingerprint density at radius 2 is 1.42 bits per heavy atom. The van der Waals surface area contributed by atoms with Gasteiger partial charge in [0, 0.05) is 51.0 Å². The van der Waals surface area contributed by atoms with Gasteiger partial charge in [-0.3, -0.25) is 19.5 Å². The number of benzene rings is 1. The number of hydrogen-bond acceptors (Lipinski definition) is 7. The molecule has 1 aromatic carbocycles.